The quantitative estimate of drug-likeness (QED) is 0.155. The Kier molecular flexibility index (Phi) is 10.3. The van der Waals surface area contributed by atoms with Crippen molar-refractivity contribution < 1.29 is 35.3 Å². The van der Waals surface area contributed by atoms with Crippen molar-refractivity contribution in [2.45, 2.75) is 29.1 Å². The first kappa shape index (κ1) is 36.6. The SMILES string of the molecule is COc1cc(S(C)(=O)=O)ccc1Nc1nc2ccc(-c3ccc([C@@](C)(C(N)=O)c4ccc(F)cc4)cc3)cn2n1.Cc1ccc(S(=O)(=O)O)cc1. The summed E-state index contributed by atoms with van der Waals surface area (Å²) < 4.78 is 73.7. The summed E-state index contributed by atoms with van der Waals surface area (Å²) in [7, 11) is -5.96. The van der Waals surface area contributed by atoms with Crippen molar-refractivity contribution in [3.63, 3.8) is 0 Å². The molecule has 1 amide bonds. The highest BCUT2D eigenvalue weighted by atomic mass is 32.2. The van der Waals surface area contributed by atoms with E-state index in [1.54, 1.807) is 41.8 Å². The van der Waals surface area contributed by atoms with Gasteiger partial charge in [0.1, 0.15) is 11.6 Å². The average molecular weight is 732 g/mol. The first-order valence-corrected chi connectivity index (χ1v) is 18.5. The van der Waals surface area contributed by atoms with Gasteiger partial charge in [0.25, 0.3) is 10.1 Å². The summed E-state index contributed by atoms with van der Waals surface area (Å²) in [6, 6.07) is 27.4. The zero-order valence-corrected chi connectivity index (χ0v) is 29.5. The van der Waals surface area contributed by atoms with E-state index in [1.807, 2.05) is 49.5 Å². The number of nitrogens with two attached hydrogens (primary N) is 1. The third-order valence-corrected chi connectivity index (χ3v) is 10.2. The Hall–Kier alpha value is -5.64. The van der Waals surface area contributed by atoms with Crippen LogP contribution in [0.2, 0.25) is 0 Å². The first-order valence-electron chi connectivity index (χ1n) is 15.2. The minimum Gasteiger partial charge on any atom is -0.495 e. The lowest BCUT2D eigenvalue weighted by molar-refractivity contribution is -0.121. The number of halogens is 1. The molecular weight excluding hydrogens is 698 g/mol. The molecule has 6 aromatic rings. The second-order valence-electron chi connectivity index (χ2n) is 11.8. The number of amides is 1. The number of benzene rings is 4. The second kappa shape index (κ2) is 14.3. The van der Waals surface area contributed by atoms with Crippen LogP contribution >= 0.6 is 0 Å². The molecule has 0 saturated heterocycles. The minimum atomic E-state index is -4.02. The molecule has 0 aliphatic carbocycles. The third kappa shape index (κ3) is 8.23. The lowest BCUT2D eigenvalue weighted by Crippen LogP contribution is -2.39. The number of primary amides is 1. The molecule has 1 atom stereocenters. The van der Waals surface area contributed by atoms with E-state index in [0.717, 1.165) is 22.9 Å². The lowest BCUT2D eigenvalue weighted by Gasteiger charge is -2.27. The van der Waals surface area contributed by atoms with E-state index in [9.17, 15) is 26.0 Å². The molecule has 4 aromatic carbocycles. The number of nitrogens with one attached hydrogen (secondary N) is 1. The molecule has 0 bridgehead atoms. The molecule has 0 saturated carbocycles. The summed E-state index contributed by atoms with van der Waals surface area (Å²) >= 11 is 0. The fraction of sp³-hybridized carbons (Fsp3) is 0.139. The molecule has 0 aliphatic heterocycles. The molecule has 264 valence electrons. The molecule has 51 heavy (non-hydrogen) atoms. The Balaban J connectivity index is 0.000000392. The molecule has 4 N–H and O–H groups in total. The Morgan fingerprint density at radius 2 is 1.43 bits per heavy atom. The van der Waals surface area contributed by atoms with E-state index >= 15 is 0 Å². The zero-order chi connectivity index (χ0) is 37.1. The number of pyridine rings is 1. The Labute approximate surface area is 294 Å². The highest BCUT2D eigenvalue weighted by Gasteiger charge is 2.35. The van der Waals surface area contributed by atoms with Gasteiger partial charge in [-0.25, -0.2) is 17.3 Å². The standard InChI is InChI=1S/C29H26FN5O4S.C7H8O3S/c1-29(27(31)36,21-9-11-22(30)12-10-21)20-7-4-18(5-8-20)19-6-15-26-33-28(34-35(26)17-19)32-24-14-13-23(40(3,37)38)16-25(24)39-2;1-6-2-4-7(5-3-6)11(8,9)10/h4-17H,1-3H3,(H2,31,36)(H,32,34);2-5H,1H3,(H,8,9,10)/t29-;/m1./s1. The number of nitrogens with zero attached hydrogens (tertiary/aromatic N) is 3. The molecule has 2 aromatic heterocycles. The number of carbonyl (C=O) groups is 1. The number of hydrogen-bond acceptors (Lipinski definition) is 9. The van der Waals surface area contributed by atoms with E-state index in [2.05, 4.69) is 15.4 Å². The highest BCUT2D eigenvalue weighted by molar-refractivity contribution is 7.90. The monoisotopic (exact) mass is 731 g/mol. The number of sulfone groups is 1. The van der Waals surface area contributed by atoms with Crippen molar-refractivity contribution in [1.82, 2.24) is 14.6 Å². The number of fused-ring (bicyclic) bond motifs is 1. The van der Waals surface area contributed by atoms with Gasteiger partial charge >= 0.3 is 0 Å². The predicted molar refractivity (Wildman–Crippen MR) is 191 cm³/mol. The van der Waals surface area contributed by atoms with E-state index < -0.39 is 37.1 Å². The molecule has 2 heterocycles. The minimum absolute atomic E-state index is 0.0666. The van der Waals surface area contributed by atoms with Crippen molar-refractivity contribution in [2.75, 3.05) is 18.7 Å². The number of rotatable bonds is 9. The van der Waals surface area contributed by atoms with Gasteiger partial charge in [-0.1, -0.05) is 54.1 Å². The summed E-state index contributed by atoms with van der Waals surface area (Å²) in [5.41, 5.74) is 9.73. The van der Waals surface area contributed by atoms with Gasteiger partial charge in [-0.15, -0.1) is 5.10 Å². The van der Waals surface area contributed by atoms with Gasteiger partial charge in [0.05, 0.1) is 28.0 Å². The Morgan fingerprint density at radius 3 is 1.98 bits per heavy atom. The van der Waals surface area contributed by atoms with Crippen LogP contribution in [0.1, 0.15) is 23.6 Å². The van der Waals surface area contributed by atoms with Crippen LogP contribution in [-0.4, -0.2) is 55.3 Å². The van der Waals surface area contributed by atoms with Crippen molar-refractivity contribution >= 4 is 43.1 Å². The van der Waals surface area contributed by atoms with E-state index in [4.69, 9.17) is 15.0 Å². The summed E-state index contributed by atoms with van der Waals surface area (Å²) in [6.45, 7) is 3.56. The second-order valence-corrected chi connectivity index (χ2v) is 15.2. The van der Waals surface area contributed by atoms with Crippen LogP contribution in [0.5, 0.6) is 5.75 Å². The fourth-order valence-corrected chi connectivity index (χ4v) is 6.29. The number of carbonyl (C=O) groups excluding carboxylic acids is 1. The van der Waals surface area contributed by atoms with Gasteiger partial charge in [-0.3, -0.25) is 9.35 Å². The van der Waals surface area contributed by atoms with Gasteiger partial charge in [0.15, 0.2) is 15.5 Å². The molecule has 0 fully saturated rings. The molecule has 15 heteroatoms. The van der Waals surface area contributed by atoms with Crippen LogP contribution in [-0.2, 0) is 30.2 Å². The highest BCUT2D eigenvalue weighted by Crippen LogP contribution is 2.34. The summed E-state index contributed by atoms with van der Waals surface area (Å²) in [6.07, 6.45) is 2.95. The van der Waals surface area contributed by atoms with Gasteiger partial charge in [-0.2, -0.15) is 13.4 Å². The van der Waals surface area contributed by atoms with E-state index in [1.165, 1.54) is 43.5 Å². The number of aromatic nitrogens is 3. The van der Waals surface area contributed by atoms with Crippen LogP contribution in [0.15, 0.2) is 119 Å². The van der Waals surface area contributed by atoms with Crippen LogP contribution < -0.4 is 15.8 Å². The van der Waals surface area contributed by atoms with Gasteiger partial charge in [0.2, 0.25) is 11.9 Å². The zero-order valence-electron chi connectivity index (χ0n) is 27.9. The molecule has 12 nitrogen and oxygen atoms in total. The predicted octanol–water partition coefficient (Wildman–Crippen LogP) is 5.72. The summed E-state index contributed by atoms with van der Waals surface area (Å²) in [5, 5.41) is 7.57. The van der Waals surface area contributed by atoms with E-state index in [0.29, 0.717) is 34.2 Å². The molecule has 6 rings (SSSR count). The first-order chi connectivity index (χ1) is 24.0. The van der Waals surface area contributed by atoms with Crippen molar-refractivity contribution in [2.24, 2.45) is 5.73 Å². The van der Waals surface area contributed by atoms with Crippen molar-refractivity contribution in [3.8, 4) is 16.9 Å². The molecule has 0 radical (unpaired) electrons. The number of methoxy groups -OCH3 is 1. The third-order valence-electron chi connectivity index (χ3n) is 8.21. The van der Waals surface area contributed by atoms with Gasteiger partial charge in [-0.05, 0) is 79.1 Å². The molecule has 0 aliphatic rings. The van der Waals surface area contributed by atoms with Crippen molar-refractivity contribution in [3.05, 3.63) is 132 Å². The number of aryl methyl sites for hydroxylation is 1. The van der Waals surface area contributed by atoms with Crippen LogP contribution in [0.3, 0.4) is 0 Å². The maximum atomic E-state index is 13.5. The van der Waals surface area contributed by atoms with E-state index in [-0.39, 0.29) is 9.79 Å². The van der Waals surface area contributed by atoms with Gasteiger partial charge in [0, 0.05) is 24.1 Å². The van der Waals surface area contributed by atoms with Crippen molar-refractivity contribution in [1.29, 1.82) is 0 Å². The lowest BCUT2D eigenvalue weighted by atomic mass is 9.75. The molecule has 0 spiro atoms. The van der Waals surface area contributed by atoms with Crippen LogP contribution in [0, 0.1) is 12.7 Å². The summed E-state index contributed by atoms with van der Waals surface area (Å²) in [5.74, 6) is -0.295. The summed E-state index contributed by atoms with van der Waals surface area (Å²) in [4.78, 5) is 17.1. The molecule has 0 unspecified atom stereocenters. The average Bonchev–Trinajstić information content (AvgIpc) is 3.49. The largest absolute Gasteiger partial charge is 0.495 e. The van der Waals surface area contributed by atoms with Crippen LogP contribution in [0.25, 0.3) is 16.8 Å². The Bertz CT molecular complexity index is 2440. The topological polar surface area (TPSA) is 183 Å². The number of anilines is 2. The maximum absolute atomic E-state index is 13.5. The smallest absolute Gasteiger partial charge is 0.294 e. The normalized spacial score (nSPS) is 12.7. The number of hydrogen-bond donors (Lipinski definition) is 3. The van der Waals surface area contributed by atoms with Crippen LogP contribution in [0.4, 0.5) is 16.0 Å². The molecular formula is C36H34FN5O7S2. The Morgan fingerprint density at radius 1 is 0.863 bits per heavy atom. The fourth-order valence-electron chi connectivity index (χ4n) is 5.17. The maximum Gasteiger partial charge on any atom is 0.294 e. The van der Waals surface area contributed by atoms with Gasteiger partial charge < -0.3 is 15.8 Å². The number of ether oxygens (including phenoxy) is 1.